The number of hydrogen-bond acceptors (Lipinski definition) is 2. The number of nitrogens with one attached hydrogen (secondary N) is 1. The van der Waals surface area contributed by atoms with E-state index in [1.165, 1.54) is 0 Å². The summed E-state index contributed by atoms with van der Waals surface area (Å²) in [5.41, 5.74) is 0.707. The number of rotatable bonds is 7. The normalized spacial score (nSPS) is 9.65. The van der Waals surface area contributed by atoms with Crippen LogP contribution in [0.5, 0.6) is 0 Å². The van der Waals surface area contributed by atoms with Crippen molar-refractivity contribution in [1.29, 1.82) is 0 Å². The molecule has 3 nitrogen and oxygen atoms in total. The average molecular weight is 231 g/mol. The van der Waals surface area contributed by atoms with Crippen LogP contribution in [0.3, 0.4) is 0 Å². The number of carbonyl (C=O) groups excluding carboxylic acids is 2. The van der Waals surface area contributed by atoms with Crippen molar-refractivity contribution >= 4 is 11.7 Å². The Balaban J connectivity index is 2.25. The molecule has 90 valence electrons. The Morgan fingerprint density at radius 3 is 2.53 bits per heavy atom. The van der Waals surface area contributed by atoms with Crippen LogP contribution in [0.15, 0.2) is 43.0 Å². The van der Waals surface area contributed by atoms with Gasteiger partial charge < -0.3 is 5.32 Å². The van der Waals surface area contributed by atoms with E-state index in [1.807, 2.05) is 18.2 Å². The highest BCUT2D eigenvalue weighted by atomic mass is 16.1. The zero-order valence-electron chi connectivity index (χ0n) is 9.82. The molecule has 3 heteroatoms. The number of ketones is 1. The molecule has 0 bridgehead atoms. The minimum absolute atomic E-state index is 0.0363. The second-order valence-electron chi connectivity index (χ2n) is 3.74. The van der Waals surface area contributed by atoms with Crippen LogP contribution in [0.4, 0.5) is 0 Å². The molecule has 0 fully saturated rings. The molecule has 0 atom stereocenters. The summed E-state index contributed by atoms with van der Waals surface area (Å²) in [4.78, 5) is 22.9. The Morgan fingerprint density at radius 2 is 1.88 bits per heavy atom. The van der Waals surface area contributed by atoms with Crippen molar-refractivity contribution in [1.82, 2.24) is 5.32 Å². The topological polar surface area (TPSA) is 46.2 Å². The molecule has 0 aromatic heterocycles. The van der Waals surface area contributed by atoms with Gasteiger partial charge in [0, 0.05) is 24.9 Å². The third kappa shape index (κ3) is 5.11. The van der Waals surface area contributed by atoms with Crippen molar-refractivity contribution in [2.24, 2.45) is 0 Å². The molecule has 0 saturated heterocycles. The Labute approximate surface area is 102 Å². The number of amides is 1. The Hall–Kier alpha value is -1.90. The number of hydrogen-bond donors (Lipinski definition) is 1. The maximum Gasteiger partial charge on any atom is 0.220 e. The van der Waals surface area contributed by atoms with E-state index in [1.54, 1.807) is 18.2 Å². The van der Waals surface area contributed by atoms with Crippen LogP contribution in [0.2, 0.25) is 0 Å². The lowest BCUT2D eigenvalue weighted by Gasteiger charge is -2.02. The highest BCUT2D eigenvalue weighted by Crippen LogP contribution is 2.06. The van der Waals surface area contributed by atoms with Crippen LogP contribution in [0.25, 0.3) is 0 Å². The molecule has 1 aromatic rings. The standard InChI is InChI=1S/C14H17NO2/c1-2-11-15-14(17)10-6-9-13(16)12-7-4-3-5-8-12/h2-5,7-8H,1,6,9-11H2,(H,15,17). The van der Waals surface area contributed by atoms with Crippen LogP contribution < -0.4 is 5.32 Å². The van der Waals surface area contributed by atoms with E-state index in [-0.39, 0.29) is 11.7 Å². The minimum Gasteiger partial charge on any atom is -0.353 e. The first-order chi connectivity index (χ1) is 8.24. The maximum atomic E-state index is 11.7. The van der Waals surface area contributed by atoms with Gasteiger partial charge in [-0.3, -0.25) is 9.59 Å². The van der Waals surface area contributed by atoms with Crippen molar-refractivity contribution in [3.8, 4) is 0 Å². The zero-order chi connectivity index (χ0) is 12.5. The molecular formula is C14H17NO2. The molecule has 0 radical (unpaired) electrons. The Bertz CT molecular complexity index is 384. The molecule has 0 aliphatic carbocycles. The van der Waals surface area contributed by atoms with Gasteiger partial charge in [-0.25, -0.2) is 0 Å². The molecule has 17 heavy (non-hydrogen) atoms. The van der Waals surface area contributed by atoms with E-state index >= 15 is 0 Å². The molecule has 0 aliphatic heterocycles. The van der Waals surface area contributed by atoms with E-state index in [9.17, 15) is 9.59 Å². The van der Waals surface area contributed by atoms with Gasteiger partial charge in [0.15, 0.2) is 5.78 Å². The van der Waals surface area contributed by atoms with Crippen molar-refractivity contribution in [3.05, 3.63) is 48.6 Å². The van der Waals surface area contributed by atoms with Gasteiger partial charge in [-0.05, 0) is 6.42 Å². The van der Waals surface area contributed by atoms with Gasteiger partial charge in [-0.1, -0.05) is 36.4 Å². The summed E-state index contributed by atoms with van der Waals surface area (Å²) in [6.07, 6.45) is 3.00. The largest absolute Gasteiger partial charge is 0.353 e. The van der Waals surface area contributed by atoms with Crippen LogP contribution in [0, 0.1) is 0 Å². The van der Waals surface area contributed by atoms with Gasteiger partial charge >= 0.3 is 0 Å². The fraction of sp³-hybridized carbons (Fsp3) is 0.286. The molecule has 1 aromatic carbocycles. The third-order valence-electron chi connectivity index (χ3n) is 2.35. The summed E-state index contributed by atoms with van der Waals surface area (Å²) in [5, 5.41) is 2.68. The Kier molecular flexibility index (Phi) is 5.72. The predicted molar refractivity (Wildman–Crippen MR) is 67.8 cm³/mol. The first kappa shape index (κ1) is 13.2. The second kappa shape index (κ2) is 7.39. The lowest BCUT2D eigenvalue weighted by Crippen LogP contribution is -2.22. The molecule has 0 heterocycles. The quantitative estimate of drug-likeness (QED) is 0.578. The minimum atomic E-state index is -0.0363. The first-order valence-corrected chi connectivity index (χ1v) is 5.70. The van der Waals surface area contributed by atoms with Crippen molar-refractivity contribution in [3.63, 3.8) is 0 Å². The van der Waals surface area contributed by atoms with Crippen LogP contribution in [0.1, 0.15) is 29.6 Å². The van der Waals surface area contributed by atoms with E-state index in [2.05, 4.69) is 11.9 Å². The van der Waals surface area contributed by atoms with Crippen molar-refractivity contribution in [2.45, 2.75) is 19.3 Å². The maximum absolute atomic E-state index is 11.7. The van der Waals surface area contributed by atoms with Crippen molar-refractivity contribution in [2.75, 3.05) is 6.54 Å². The van der Waals surface area contributed by atoms with Crippen LogP contribution >= 0.6 is 0 Å². The van der Waals surface area contributed by atoms with Crippen LogP contribution in [-0.2, 0) is 4.79 Å². The van der Waals surface area contributed by atoms with Gasteiger partial charge in [-0.2, -0.15) is 0 Å². The summed E-state index contributed by atoms with van der Waals surface area (Å²) in [6, 6.07) is 9.13. The van der Waals surface area contributed by atoms with E-state index in [0.29, 0.717) is 31.4 Å². The molecule has 0 aliphatic rings. The smallest absolute Gasteiger partial charge is 0.220 e. The Morgan fingerprint density at radius 1 is 1.18 bits per heavy atom. The fourth-order valence-corrected chi connectivity index (χ4v) is 1.45. The summed E-state index contributed by atoms with van der Waals surface area (Å²) in [5.74, 6) is 0.0490. The van der Waals surface area contributed by atoms with Crippen molar-refractivity contribution < 1.29 is 9.59 Å². The van der Waals surface area contributed by atoms with Gasteiger partial charge in [0.1, 0.15) is 0 Å². The third-order valence-corrected chi connectivity index (χ3v) is 2.35. The van der Waals surface area contributed by atoms with E-state index in [4.69, 9.17) is 0 Å². The number of benzene rings is 1. The monoisotopic (exact) mass is 231 g/mol. The molecule has 0 unspecified atom stereocenters. The first-order valence-electron chi connectivity index (χ1n) is 5.70. The zero-order valence-corrected chi connectivity index (χ0v) is 9.82. The summed E-state index contributed by atoms with van der Waals surface area (Å²) in [6.45, 7) is 3.99. The second-order valence-corrected chi connectivity index (χ2v) is 3.74. The summed E-state index contributed by atoms with van der Waals surface area (Å²) >= 11 is 0. The lowest BCUT2D eigenvalue weighted by atomic mass is 10.1. The van der Waals surface area contributed by atoms with Gasteiger partial charge in [0.25, 0.3) is 0 Å². The number of carbonyl (C=O) groups is 2. The SMILES string of the molecule is C=CCNC(=O)CCCC(=O)c1ccccc1. The number of Topliss-reactive ketones (excluding diaryl/α,β-unsaturated/α-hetero) is 1. The van der Waals surface area contributed by atoms with Crippen LogP contribution in [-0.4, -0.2) is 18.2 Å². The van der Waals surface area contributed by atoms with Gasteiger partial charge in [-0.15, -0.1) is 6.58 Å². The fourth-order valence-electron chi connectivity index (χ4n) is 1.45. The molecule has 1 amide bonds. The molecule has 0 saturated carbocycles. The molecule has 0 spiro atoms. The van der Waals surface area contributed by atoms with E-state index in [0.717, 1.165) is 0 Å². The molecule has 1 N–H and O–H groups in total. The molecule has 1 rings (SSSR count). The summed E-state index contributed by atoms with van der Waals surface area (Å²) < 4.78 is 0. The highest BCUT2D eigenvalue weighted by molar-refractivity contribution is 5.96. The molecular weight excluding hydrogens is 214 g/mol. The highest BCUT2D eigenvalue weighted by Gasteiger charge is 2.06. The van der Waals surface area contributed by atoms with E-state index < -0.39 is 0 Å². The lowest BCUT2D eigenvalue weighted by molar-refractivity contribution is -0.120. The average Bonchev–Trinajstić information content (AvgIpc) is 2.37. The predicted octanol–water partition coefficient (Wildman–Crippen LogP) is 2.34. The summed E-state index contributed by atoms with van der Waals surface area (Å²) in [7, 11) is 0. The van der Waals surface area contributed by atoms with Gasteiger partial charge in [0.2, 0.25) is 5.91 Å². The van der Waals surface area contributed by atoms with Gasteiger partial charge in [0.05, 0.1) is 0 Å².